The molecule has 152 valence electrons. The molecule has 0 radical (unpaired) electrons. The number of ether oxygens (including phenoxy) is 1. The number of hydrogen-bond donors (Lipinski definition) is 0. The molecular weight excluding hydrogens is 447 g/mol. The number of nitrogens with zero attached hydrogens (tertiary/aromatic N) is 2. The van der Waals surface area contributed by atoms with Gasteiger partial charge in [0.05, 0.1) is 22.1 Å². The van der Waals surface area contributed by atoms with E-state index >= 15 is 0 Å². The van der Waals surface area contributed by atoms with E-state index in [4.69, 9.17) is 27.9 Å². The van der Waals surface area contributed by atoms with E-state index in [1.54, 1.807) is 12.1 Å². The molecule has 0 spiro atoms. The third-order valence-corrected chi connectivity index (χ3v) is 9.21. The highest BCUT2D eigenvalue weighted by Gasteiger charge is 2.34. The summed E-state index contributed by atoms with van der Waals surface area (Å²) in [5.41, 5.74) is 0. The van der Waals surface area contributed by atoms with Crippen molar-refractivity contribution in [1.29, 1.82) is 0 Å². The van der Waals surface area contributed by atoms with Gasteiger partial charge < -0.3 is 4.74 Å². The summed E-state index contributed by atoms with van der Waals surface area (Å²) in [5, 5.41) is 0.0981. The van der Waals surface area contributed by atoms with Crippen LogP contribution < -0.4 is 4.74 Å². The quantitative estimate of drug-likeness (QED) is 0.678. The molecule has 2 aromatic carbocycles. The summed E-state index contributed by atoms with van der Waals surface area (Å²) >= 11 is 12.0. The summed E-state index contributed by atoms with van der Waals surface area (Å²) in [5.74, 6) is 0.549. The Hall–Kier alpha value is -1.36. The van der Waals surface area contributed by atoms with E-state index < -0.39 is 20.0 Å². The second-order valence-corrected chi connectivity index (χ2v) is 10.7. The first-order chi connectivity index (χ1) is 13.2. The van der Waals surface area contributed by atoms with E-state index in [1.807, 2.05) is 0 Å². The molecule has 0 bridgehead atoms. The minimum atomic E-state index is -3.88. The number of rotatable bonds is 5. The van der Waals surface area contributed by atoms with Crippen molar-refractivity contribution in [3.05, 3.63) is 52.5 Å². The predicted octanol–water partition coefficient (Wildman–Crippen LogP) is 2.70. The Labute approximate surface area is 174 Å². The number of benzene rings is 2. The predicted molar refractivity (Wildman–Crippen MR) is 107 cm³/mol. The highest BCUT2D eigenvalue weighted by Crippen LogP contribution is 2.31. The summed E-state index contributed by atoms with van der Waals surface area (Å²) in [4.78, 5) is 0.0376. The Bertz CT molecular complexity index is 1070. The summed E-state index contributed by atoms with van der Waals surface area (Å²) < 4.78 is 58.8. The highest BCUT2D eigenvalue weighted by atomic mass is 35.5. The van der Waals surface area contributed by atoms with E-state index in [-0.39, 0.29) is 46.0 Å². The van der Waals surface area contributed by atoms with Gasteiger partial charge >= 0.3 is 0 Å². The van der Waals surface area contributed by atoms with Crippen LogP contribution in [0.3, 0.4) is 0 Å². The van der Waals surface area contributed by atoms with Crippen molar-refractivity contribution >= 4 is 43.2 Å². The first kappa shape index (κ1) is 21.4. The molecule has 7 nitrogen and oxygen atoms in total. The van der Waals surface area contributed by atoms with Gasteiger partial charge in [0.25, 0.3) is 0 Å². The first-order valence-corrected chi connectivity index (χ1v) is 11.9. The molecule has 0 amide bonds. The fourth-order valence-corrected chi connectivity index (χ4v) is 6.45. The molecule has 1 aliphatic rings. The van der Waals surface area contributed by atoms with Crippen LogP contribution in [-0.2, 0) is 20.0 Å². The second-order valence-electron chi connectivity index (χ2n) is 6.04. The average Bonchev–Trinajstić information content (AvgIpc) is 2.70. The van der Waals surface area contributed by atoms with Crippen LogP contribution in [0.5, 0.6) is 5.75 Å². The molecule has 0 atom stereocenters. The maximum atomic E-state index is 12.9. The normalized spacial score (nSPS) is 16.8. The molecule has 0 unspecified atom stereocenters. The van der Waals surface area contributed by atoms with Crippen molar-refractivity contribution < 1.29 is 21.6 Å². The third-order valence-electron chi connectivity index (χ3n) is 4.43. The molecule has 0 N–H and O–H groups in total. The maximum absolute atomic E-state index is 12.9. The maximum Gasteiger partial charge on any atom is 0.244 e. The topological polar surface area (TPSA) is 84.0 Å². The van der Waals surface area contributed by atoms with Crippen LogP contribution in [-0.4, -0.2) is 58.7 Å². The van der Waals surface area contributed by atoms with Crippen molar-refractivity contribution in [2.45, 2.75) is 9.79 Å². The summed E-state index contributed by atoms with van der Waals surface area (Å²) in [7, 11) is -6.11. The lowest BCUT2D eigenvalue weighted by Gasteiger charge is -2.33. The van der Waals surface area contributed by atoms with Gasteiger partial charge in [0.15, 0.2) is 0 Å². The van der Waals surface area contributed by atoms with Crippen molar-refractivity contribution in [2.24, 2.45) is 0 Å². The van der Waals surface area contributed by atoms with Gasteiger partial charge in [-0.1, -0.05) is 29.3 Å². The molecule has 1 heterocycles. The van der Waals surface area contributed by atoms with Gasteiger partial charge in [0.1, 0.15) is 10.6 Å². The van der Waals surface area contributed by atoms with Gasteiger partial charge in [-0.15, -0.1) is 0 Å². The van der Waals surface area contributed by atoms with Crippen molar-refractivity contribution in [3.63, 3.8) is 0 Å². The van der Waals surface area contributed by atoms with Crippen LogP contribution in [0.1, 0.15) is 0 Å². The number of methoxy groups -OCH3 is 1. The molecule has 0 aromatic heterocycles. The lowest BCUT2D eigenvalue weighted by atomic mass is 10.3. The lowest BCUT2D eigenvalue weighted by molar-refractivity contribution is 0.273. The van der Waals surface area contributed by atoms with Gasteiger partial charge in [-0.05, 0) is 36.4 Å². The number of hydrogen-bond acceptors (Lipinski definition) is 5. The highest BCUT2D eigenvalue weighted by molar-refractivity contribution is 7.89. The Morgan fingerprint density at radius 3 is 1.89 bits per heavy atom. The van der Waals surface area contributed by atoms with Crippen LogP contribution in [0, 0.1) is 0 Å². The third kappa shape index (κ3) is 4.00. The second kappa shape index (κ2) is 8.17. The molecule has 1 fully saturated rings. The zero-order valence-corrected chi connectivity index (χ0v) is 18.0. The Morgan fingerprint density at radius 2 is 1.36 bits per heavy atom. The van der Waals surface area contributed by atoms with Crippen LogP contribution in [0.2, 0.25) is 10.0 Å². The standard InChI is InChI=1S/C17H18Cl2N2O5S2/c1-26-13-5-7-14(8-6-13)27(22,23)20-9-11-21(12-10-20)28(24,25)16-4-2-3-15(18)17(16)19/h2-8H,9-12H2,1H3. The lowest BCUT2D eigenvalue weighted by Crippen LogP contribution is -2.50. The Balaban J connectivity index is 1.77. The van der Waals surface area contributed by atoms with E-state index in [0.717, 1.165) is 0 Å². The van der Waals surface area contributed by atoms with Crippen LogP contribution >= 0.6 is 23.2 Å². The minimum Gasteiger partial charge on any atom is -0.497 e. The number of halogens is 2. The minimum absolute atomic E-state index is 0.0144. The van der Waals surface area contributed by atoms with Crippen LogP contribution in [0.15, 0.2) is 52.3 Å². The van der Waals surface area contributed by atoms with Gasteiger partial charge in [-0.25, -0.2) is 16.8 Å². The molecule has 3 rings (SSSR count). The number of piperazine rings is 1. The number of sulfonamides is 2. The smallest absolute Gasteiger partial charge is 0.244 e. The van der Waals surface area contributed by atoms with Gasteiger partial charge in [0, 0.05) is 26.2 Å². The van der Waals surface area contributed by atoms with E-state index in [2.05, 4.69) is 0 Å². The first-order valence-electron chi connectivity index (χ1n) is 8.26. The van der Waals surface area contributed by atoms with Gasteiger partial charge in [-0.3, -0.25) is 0 Å². The van der Waals surface area contributed by atoms with Crippen LogP contribution in [0.25, 0.3) is 0 Å². The molecule has 0 saturated carbocycles. The summed E-state index contributed by atoms with van der Waals surface area (Å²) in [6, 6.07) is 10.4. The average molecular weight is 465 g/mol. The zero-order chi connectivity index (χ0) is 20.5. The van der Waals surface area contributed by atoms with Crippen molar-refractivity contribution in [2.75, 3.05) is 33.3 Å². The summed E-state index contributed by atoms with van der Waals surface area (Å²) in [6.07, 6.45) is 0. The molecule has 0 aliphatic carbocycles. The fraction of sp³-hybridized carbons (Fsp3) is 0.294. The summed E-state index contributed by atoms with van der Waals surface area (Å²) in [6.45, 7) is 0.0959. The molecule has 1 saturated heterocycles. The van der Waals surface area contributed by atoms with Crippen molar-refractivity contribution in [3.8, 4) is 5.75 Å². The van der Waals surface area contributed by atoms with E-state index in [1.165, 1.54) is 46.1 Å². The molecule has 2 aromatic rings. The SMILES string of the molecule is COc1ccc(S(=O)(=O)N2CCN(S(=O)(=O)c3cccc(Cl)c3Cl)CC2)cc1. The van der Waals surface area contributed by atoms with Gasteiger partial charge in [-0.2, -0.15) is 8.61 Å². The Morgan fingerprint density at radius 1 is 0.821 bits per heavy atom. The largest absolute Gasteiger partial charge is 0.497 e. The van der Waals surface area contributed by atoms with E-state index in [0.29, 0.717) is 5.75 Å². The van der Waals surface area contributed by atoms with Gasteiger partial charge in [0.2, 0.25) is 20.0 Å². The van der Waals surface area contributed by atoms with E-state index in [9.17, 15) is 16.8 Å². The Kier molecular flexibility index (Phi) is 6.23. The monoisotopic (exact) mass is 464 g/mol. The molecular formula is C17H18Cl2N2O5S2. The van der Waals surface area contributed by atoms with Crippen molar-refractivity contribution in [1.82, 2.24) is 8.61 Å². The molecule has 11 heteroatoms. The zero-order valence-electron chi connectivity index (χ0n) is 14.9. The van der Waals surface area contributed by atoms with Crippen LogP contribution in [0.4, 0.5) is 0 Å². The molecule has 1 aliphatic heterocycles. The fourth-order valence-electron chi connectivity index (χ4n) is 2.87. The molecule has 28 heavy (non-hydrogen) atoms.